The van der Waals surface area contributed by atoms with Crippen LogP contribution in [-0.2, 0) is 4.79 Å². The minimum absolute atomic E-state index is 0.00642. The van der Waals surface area contributed by atoms with Crippen LogP contribution in [0.2, 0.25) is 0 Å². The van der Waals surface area contributed by atoms with Gasteiger partial charge in [-0.2, -0.15) is 5.26 Å². The van der Waals surface area contributed by atoms with Gasteiger partial charge in [0.25, 0.3) is 0 Å². The molecule has 0 radical (unpaired) electrons. The van der Waals surface area contributed by atoms with E-state index < -0.39 is 0 Å². The van der Waals surface area contributed by atoms with Gasteiger partial charge >= 0.3 is 0 Å². The monoisotopic (exact) mass is 354 g/mol. The molecule has 1 amide bonds. The average molecular weight is 354 g/mol. The molecule has 0 bridgehead atoms. The van der Waals surface area contributed by atoms with Gasteiger partial charge < -0.3 is 9.64 Å². The summed E-state index contributed by atoms with van der Waals surface area (Å²) in [7, 11) is 1.62. The molecule has 0 saturated heterocycles. The van der Waals surface area contributed by atoms with Gasteiger partial charge in [-0.3, -0.25) is 4.79 Å². The highest BCUT2D eigenvalue weighted by Gasteiger charge is 2.16. The molecule has 4 nitrogen and oxygen atoms in total. The van der Waals surface area contributed by atoms with Crippen molar-refractivity contribution in [2.45, 2.75) is 25.2 Å². The maximum Gasteiger partial charge on any atom is 0.237 e. The lowest BCUT2D eigenvalue weighted by Crippen LogP contribution is -2.33. The summed E-state index contributed by atoms with van der Waals surface area (Å²) in [6, 6.07) is 15.8. The second kappa shape index (κ2) is 9.14. The van der Waals surface area contributed by atoms with Crippen LogP contribution in [0.4, 0.5) is 5.69 Å². The number of hydrogen-bond acceptors (Lipinski definition) is 4. The largest absolute Gasteiger partial charge is 0.497 e. The van der Waals surface area contributed by atoms with Crippen molar-refractivity contribution in [3.63, 3.8) is 0 Å². The average Bonchev–Trinajstić information content (AvgIpc) is 2.59. The third-order valence-electron chi connectivity index (χ3n) is 3.67. The second-order valence-electron chi connectivity index (χ2n) is 5.77. The Morgan fingerprint density at radius 3 is 2.56 bits per heavy atom. The van der Waals surface area contributed by atoms with Gasteiger partial charge in [-0.15, -0.1) is 11.8 Å². The standard InChI is InChI=1S/C20H22N2O2S/c1-15-10-16(2)12-17(11-15)22(9-5-8-21)20(23)14-25-19-7-4-6-18(13-19)24-3/h4,6-7,10-13H,5,9,14H2,1-3H3. The number of anilines is 1. The number of nitriles is 1. The first kappa shape index (κ1) is 18.9. The Morgan fingerprint density at radius 1 is 1.20 bits per heavy atom. The molecule has 2 aromatic carbocycles. The van der Waals surface area contributed by atoms with Crippen molar-refractivity contribution >= 4 is 23.4 Å². The molecule has 0 heterocycles. The summed E-state index contributed by atoms with van der Waals surface area (Å²) in [5.41, 5.74) is 3.06. The second-order valence-corrected chi connectivity index (χ2v) is 6.82. The van der Waals surface area contributed by atoms with Crippen LogP contribution in [0.1, 0.15) is 17.5 Å². The minimum Gasteiger partial charge on any atom is -0.497 e. The van der Waals surface area contributed by atoms with E-state index in [1.807, 2.05) is 50.2 Å². The zero-order chi connectivity index (χ0) is 18.2. The van der Waals surface area contributed by atoms with E-state index in [0.717, 1.165) is 27.5 Å². The minimum atomic E-state index is -0.00642. The molecule has 0 atom stereocenters. The number of carbonyl (C=O) groups excluding carboxylic acids is 1. The topological polar surface area (TPSA) is 53.3 Å². The van der Waals surface area contributed by atoms with Crippen LogP contribution in [-0.4, -0.2) is 25.3 Å². The Kier molecular flexibility index (Phi) is 6.91. The van der Waals surface area contributed by atoms with E-state index in [2.05, 4.69) is 12.1 Å². The number of aryl methyl sites for hydroxylation is 2. The number of carbonyl (C=O) groups is 1. The van der Waals surface area contributed by atoms with E-state index in [1.54, 1.807) is 12.0 Å². The van der Waals surface area contributed by atoms with Crippen LogP contribution in [0.3, 0.4) is 0 Å². The first-order valence-corrected chi connectivity index (χ1v) is 9.04. The van der Waals surface area contributed by atoms with Crippen LogP contribution in [0.5, 0.6) is 5.75 Å². The lowest BCUT2D eigenvalue weighted by atomic mass is 10.1. The SMILES string of the molecule is COc1cccc(SCC(=O)N(CCC#N)c2cc(C)cc(C)c2)c1. The summed E-state index contributed by atoms with van der Waals surface area (Å²) in [4.78, 5) is 15.4. The maximum atomic E-state index is 12.8. The maximum absolute atomic E-state index is 12.8. The van der Waals surface area contributed by atoms with E-state index >= 15 is 0 Å². The number of benzene rings is 2. The Bertz CT molecular complexity index is 763. The highest BCUT2D eigenvalue weighted by atomic mass is 32.2. The van der Waals surface area contributed by atoms with Crippen molar-refractivity contribution in [1.82, 2.24) is 0 Å². The fourth-order valence-electron chi connectivity index (χ4n) is 2.58. The molecule has 0 fully saturated rings. The highest BCUT2D eigenvalue weighted by Crippen LogP contribution is 2.25. The van der Waals surface area contributed by atoms with Crippen LogP contribution >= 0.6 is 11.8 Å². The molecule has 5 heteroatoms. The predicted octanol–water partition coefficient (Wildman–Crippen LogP) is 4.35. The van der Waals surface area contributed by atoms with Gasteiger partial charge in [-0.1, -0.05) is 12.1 Å². The van der Waals surface area contributed by atoms with E-state index in [1.165, 1.54) is 11.8 Å². The molecule has 0 aliphatic heterocycles. The molecule has 2 aromatic rings. The molecule has 0 aliphatic rings. The fourth-order valence-corrected chi connectivity index (χ4v) is 3.40. The molecular formula is C20H22N2O2S. The lowest BCUT2D eigenvalue weighted by Gasteiger charge is -2.22. The summed E-state index contributed by atoms with van der Waals surface area (Å²) >= 11 is 1.47. The zero-order valence-corrected chi connectivity index (χ0v) is 15.6. The normalized spacial score (nSPS) is 10.2. The molecule has 0 N–H and O–H groups in total. The Hall–Kier alpha value is -2.45. The quantitative estimate of drug-likeness (QED) is 0.694. The van der Waals surface area contributed by atoms with E-state index in [9.17, 15) is 4.79 Å². The van der Waals surface area contributed by atoms with Crippen molar-refractivity contribution in [2.75, 3.05) is 24.3 Å². The number of methoxy groups -OCH3 is 1. The third kappa shape index (κ3) is 5.54. The van der Waals surface area contributed by atoms with Gasteiger partial charge in [0.2, 0.25) is 5.91 Å². The van der Waals surface area contributed by atoms with Gasteiger partial charge in [-0.25, -0.2) is 0 Å². The van der Waals surface area contributed by atoms with Crippen molar-refractivity contribution in [3.8, 4) is 11.8 Å². The number of hydrogen-bond donors (Lipinski definition) is 0. The molecule has 0 saturated carbocycles. The van der Waals surface area contributed by atoms with Gasteiger partial charge in [0, 0.05) is 17.1 Å². The summed E-state index contributed by atoms with van der Waals surface area (Å²) in [5, 5.41) is 8.91. The van der Waals surface area contributed by atoms with Crippen LogP contribution < -0.4 is 9.64 Å². The molecular weight excluding hydrogens is 332 g/mol. The molecule has 25 heavy (non-hydrogen) atoms. The summed E-state index contributed by atoms with van der Waals surface area (Å²) in [5.74, 6) is 1.08. The highest BCUT2D eigenvalue weighted by molar-refractivity contribution is 8.00. The number of ether oxygens (including phenoxy) is 1. The molecule has 130 valence electrons. The third-order valence-corrected chi connectivity index (χ3v) is 4.65. The van der Waals surface area contributed by atoms with Gasteiger partial charge in [0.05, 0.1) is 25.4 Å². The van der Waals surface area contributed by atoms with E-state index in [-0.39, 0.29) is 5.91 Å². The van der Waals surface area contributed by atoms with E-state index in [4.69, 9.17) is 10.00 Å². The van der Waals surface area contributed by atoms with Crippen LogP contribution in [0, 0.1) is 25.2 Å². The first-order valence-electron chi connectivity index (χ1n) is 8.06. The van der Waals surface area contributed by atoms with Crippen molar-refractivity contribution in [2.24, 2.45) is 0 Å². The predicted molar refractivity (Wildman–Crippen MR) is 102 cm³/mol. The molecule has 0 aliphatic carbocycles. The zero-order valence-electron chi connectivity index (χ0n) is 14.8. The number of rotatable bonds is 7. The van der Waals surface area contributed by atoms with Crippen LogP contribution in [0.25, 0.3) is 0 Å². The molecule has 0 aromatic heterocycles. The summed E-state index contributed by atoms with van der Waals surface area (Å²) in [6.07, 6.45) is 0.308. The fraction of sp³-hybridized carbons (Fsp3) is 0.300. The Balaban J connectivity index is 2.13. The lowest BCUT2D eigenvalue weighted by molar-refractivity contribution is -0.116. The molecule has 2 rings (SSSR count). The summed E-state index contributed by atoms with van der Waals surface area (Å²) in [6.45, 7) is 4.42. The van der Waals surface area contributed by atoms with Crippen molar-refractivity contribution in [3.05, 3.63) is 53.6 Å². The number of thioether (sulfide) groups is 1. The van der Waals surface area contributed by atoms with Gasteiger partial charge in [-0.05, 0) is 55.3 Å². The Morgan fingerprint density at radius 2 is 1.92 bits per heavy atom. The van der Waals surface area contributed by atoms with Crippen molar-refractivity contribution < 1.29 is 9.53 Å². The van der Waals surface area contributed by atoms with Crippen LogP contribution in [0.15, 0.2) is 47.4 Å². The van der Waals surface area contributed by atoms with Gasteiger partial charge in [0.15, 0.2) is 0 Å². The number of amides is 1. The smallest absolute Gasteiger partial charge is 0.237 e. The Labute approximate surface area is 153 Å². The number of nitrogens with zero attached hydrogens (tertiary/aromatic N) is 2. The summed E-state index contributed by atoms with van der Waals surface area (Å²) < 4.78 is 5.21. The first-order chi connectivity index (χ1) is 12.0. The van der Waals surface area contributed by atoms with Crippen molar-refractivity contribution in [1.29, 1.82) is 5.26 Å². The van der Waals surface area contributed by atoms with E-state index in [0.29, 0.717) is 18.7 Å². The van der Waals surface area contributed by atoms with Gasteiger partial charge in [0.1, 0.15) is 5.75 Å². The molecule has 0 unspecified atom stereocenters. The molecule has 0 spiro atoms.